The van der Waals surface area contributed by atoms with Gasteiger partial charge in [0.15, 0.2) is 0 Å². The fourth-order valence-electron chi connectivity index (χ4n) is 1.39. The predicted octanol–water partition coefficient (Wildman–Crippen LogP) is 2.23. The average molecular weight is 207 g/mol. The van der Waals surface area contributed by atoms with Crippen molar-refractivity contribution in [3.8, 4) is 0 Å². The van der Waals surface area contributed by atoms with Gasteiger partial charge in [-0.25, -0.2) is 0 Å². The number of carboxylic acids is 1. The molecule has 1 rings (SSSR count). The summed E-state index contributed by atoms with van der Waals surface area (Å²) in [5.41, 5.74) is 7.72. The van der Waals surface area contributed by atoms with Crippen molar-refractivity contribution in [3.05, 3.63) is 29.3 Å². The maximum atomic E-state index is 10.9. The summed E-state index contributed by atoms with van der Waals surface area (Å²) >= 11 is 0. The molecule has 0 heterocycles. The van der Waals surface area contributed by atoms with E-state index in [0.29, 0.717) is 12.1 Å². The summed E-state index contributed by atoms with van der Waals surface area (Å²) in [6.07, 6.45) is 0.493. The van der Waals surface area contributed by atoms with E-state index in [1.54, 1.807) is 13.8 Å². The fraction of sp³-hybridized carbons (Fsp3) is 0.417. The molecule has 0 saturated heterocycles. The van der Waals surface area contributed by atoms with Crippen molar-refractivity contribution in [2.45, 2.75) is 27.2 Å². The number of nitrogen functional groups attached to an aromatic ring is 1. The maximum absolute atomic E-state index is 10.9. The average Bonchev–Trinajstić information content (AvgIpc) is 2.10. The van der Waals surface area contributed by atoms with Gasteiger partial charge in [-0.05, 0) is 44.4 Å². The van der Waals surface area contributed by atoms with Gasteiger partial charge in [-0.1, -0.05) is 12.1 Å². The summed E-state index contributed by atoms with van der Waals surface area (Å²) in [6.45, 7) is 5.36. The monoisotopic (exact) mass is 207 g/mol. The first-order valence-corrected chi connectivity index (χ1v) is 4.91. The number of carboxylic acid groups (broad SMARTS) is 1. The molecule has 0 aliphatic carbocycles. The van der Waals surface area contributed by atoms with Crippen molar-refractivity contribution in [3.63, 3.8) is 0 Å². The van der Waals surface area contributed by atoms with E-state index in [9.17, 15) is 4.79 Å². The third kappa shape index (κ3) is 2.72. The lowest BCUT2D eigenvalue weighted by Crippen LogP contribution is -2.26. The van der Waals surface area contributed by atoms with Gasteiger partial charge >= 0.3 is 5.97 Å². The van der Waals surface area contributed by atoms with Gasteiger partial charge < -0.3 is 10.8 Å². The minimum Gasteiger partial charge on any atom is -0.481 e. The molecule has 3 N–H and O–H groups in total. The lowest BCUT2D eigenvalue weighted by Gasteiger charge is -2.19. The maximum Gasteiger partial charge on any atom is 0.309 e. The molecule has 0 fully saturated rings. The highest BCUT2D eigenvalue weighted by Crippen LogP contribution is 2.24. The van der Waals surface area contributed by atoms with Crippen LogP contribution < -0.4 is 5.73 Å². The lowest BCUT2D eigenvalue weighted by atomic mass is 9.85. The highest BCUT2D eigenvalue weighted by atomic mass is 16.4. The van der Waals surface area contributed by atoms with Crippen LogP contribution in [0.25, 0.3) is 0 Å². The summed E-state index contributed by atoms with van der Waals surface area (Å²) in [4.78, 5) is 10.9. The minimum atomic E-state index is -0.790. The van der Waals surface area contributed by atoms with Crippen molar-refractivity contribution >= 4 is 11.7 Å². The molecule has 3 nitrogen and oxygen atoms in total. The van der Waals surface area contributed by atoms with E-state index in [0.717, 1.165) is 11.1 Å². The number of rotatable bonds is 3. The largest absolute Gasteiger partial charge is 0.481 e. The van der Waals surface area contributed by atoms with Gasteiger partial charge in [0.25, 0.3) is 0 Å². The van der Waals surface area contributed by atoms with Crippen molar-refractivity contribution < 1.29 is 9.90 Å². The number of hydrogen-bond donors (Lipinski definition) is 2. The van der Waals surface area contributed by atoms with Crippen LogP contribution in [0.15, 0.2) is 18.2 Å². The van der Waals surface area contributed by atoms with Gasteiger partial charge in [0.05, 0.1) is 5.41 Å². The molecule has 3 heteroatoms. The molecule has 0 radical (unpaired) electrons. The SMILES string of the molecule is Cc1ccc(CC(C)(C)C(=O)O)cc1N. The first-order valence-electron chi connectivity index (χ1n) is 4.91. The van der Waals surface area contributed by atoms with Crippen LogP contribution in [0.1, 0.15) is 25.0 Å². The topological polar surface area (TPSA) is 63.3 Å². The number of aliphatic carboxylic acids is 1. The smallest absolute Gasteiger partial charge is 0.309 e. The highest BCUT2D eigenvalue weighted by molar-refractivity contribution is 5.74. The molecule has 82 valence electrons. The Morgan fingerprint density at radius 1 is 1.47 bits per heavy atom. The predicted molar refractivity (Wildman–Crippen MR) is 60.7 cm³/mol. The van der Waals surface area contributed by atoms with Crippen molar-refractivity contribution in [1.29, 1.82) is 0 Å². The third-order valence-corrected chi connectivity index (χ3v) is 2.57. The molecule has 0 aliphatic rings. The zero-order chi connectivity index (χ0) is 11.6. The highest BCUT2D eigenvalue weighted by Gasteiger charge is 2.27. The van der Waals surface area contributed by atoms with E-state index >= 15 is 0 Å². The molecular weight excluding hydrogens is 190 g/mol. The van der Waals surface area contributed by atoms with E-state index in [2.05, 4.69) is 0 Å². The number of aryl methyl sites for hydroxylation is 1. The number of hydrogen-bond acceptors (Lipinski definition) is 2. The van der Waals surface area contributed by atoms with E-state index in [1.807, 2.05) is 25.1 Å². The van der Waals surface area contributed by atoms with Gasteiger partial charge in [0.2, 0.25) is 0 Å². The summed E-state index contributed by atoms with van der Waals surface area (Å²) in [5.74, 6) is -0.790. The molecule has 0 aromatic heterocycles. The van der Waals surface area contributed by atoms with E-state index in [1.165, 1.54) is 0 Å². The Kier molecular flexibility index (Phi) is 3.03. The quantitative estimate of drug-likeness (QED) is 0.747. The van der Waals surface area contributed by atoms with Gasteiger partial charge in [-0.3, -0.25) is 4.79 Å². The summed E-state index contributed by atoms with van der Waals surface area (Å²) in [5, 5.41) is 9.00. The van der Waals surface area contributed by atoms with Gasteiger partial charge in [-0.15, -0.1) is 0 Å². The molecular formula is C12H17NO2. The number of anilines is 1. The Labute approximate surface area is 89.9 Å². The molecule has 0 spiro atoms. The second kappa shape index (κ2) is 3.93. The van der Waals surface area contributed by atoms with Crippen LogP contribution in [0.5, 0.6) is 0 Å². The molecule has 0 atom stereocenters. The molecule has 0 bridgehead atoms. The van der Waals surface area contributed by atoms with Gasteiger partial charge in [0, 0.05) is 5.69 Å². The molecule has 0 saturated carbocycles. The first-order chi connectivity index (χ1) is 6.83. The fourth-order valence-corrected chi connectivity index (χ4v) is 1.39. The Hall–Kier alpha value is -1.51. The Morgan fingerprint density at radius 3 is 2.53 bits per heavy atom. The van der Waals surface area contributed by atoms with E-state index in [-0.39, 0.29) is 0 Å². The van der Waals surface area contributed by atoms with Crippen LogP contribution in [-0.2, 0) is 11.2 Å². The molecule has 1 aromatic rings. The number of nitrogens with two attached hydrogens (primary N) is 1. The molecule has 0 unspecified atom stereocenters. The normalized spacial score (nSPS) is 11.4. The zero-order valence-corrected chi connectivity index (χ0v) is 9.37. The van der Waals surface area contributed by atoms with Gasteiger partial charge in [-0.2, -0.15) is 0 Å². The second-order valence-corrected chi connectivity index (χ2v) is 4.56. The summed E-state index contributed by atoms with van der Waals surface area (Å²) in [6, 6.07) is 5.69. The Morgan fingerprint density at radius 2 is 2.07 bits per heavy atom. The van der Waals surface area contributed by atoms with E-state index in [4.69, 9.17) is 10.8 Å². The minimum absolute atomic E-state index is 0.493. The van der Waals surface area contributed by atoms with Crippen LogP contribution >= 0.6 is 0 Å². The third-order valence-electron chi connectivity index (χ3n) is 2.57. The standard InChI is InChI=1S/C12H17NO2/c1-8-4-5-9(6-10(8)13)7-12(2,3)11(14)15/h4-6H,7,13H2,1-3H3,(H,14,15). The lowest BCUT2D eigenvalue weighted by molar-refractivity contribution is -0.146. The van der Waals surface area contributed by atoms with Crippen molar-refractivity contribution in [1.82, 2.24) is 0 Å². The molecule has 1 aromatic carbocycles. The van der Waals surface area contributed by atoms with Crippen LogP contribution in [0.3, 0.4) is 0 Å². The summed E-state index contributed by atoms with van der Waals surface area (Å²) < 4.78 is 0. The second-order valence-electron chi connectivity index (χ2n) is 4.56. The van der Waals surface area contributed by atoms with Crippen LogP contribution in [-0.4, -0.2) is 11.1 Å². The van der Waals surface area contributed by atoms with Crippen molar-refractivity contribution in [2.75, 3.05) is 5.73 Å². The number of benzene rings is 1. The first kappa shape index (κ1) is 11.6. The summed E-state index contributed by atoms with van der Waals surface area (Å²) in [7, 11) is 0. The van der Waals surface area contributed by atoms with Crippen LogP contribution in [0.2, 0.25) is 0 Å². The molecule has 0 aliphatic heterocycles. The molecule has 0 amide bonds. The number of carbonyl (C=O) groups is 1. The van der Waals surface area contributed by atoms with Crippen molar-refractivity contribution in [2.24, 2.45) is 5.41 Å². The Balaban J connectivity index is 2.91. The Bertz CT molecular complexity index is 383. The molecule has 15 heavy (non-hydrogen) atoms. The van der Waals surface area contributed by atoms with Crippen LogP contribution in [0.4, 0.5) is 5.69 Å². The van der Waals surface area contributed by atoms with Gasteiger partial charge in [0.1, 0.15) is 0 Å². The van der Waals surface area contributed by atoms with E-state index < -0.39 is 11.4 Å². The zero-order valence-electron chi connectivity index (χ0n) is 9.37. The van der Waals surface area contributed by atoms with Crippen LogP contribution in [0, 0.1) is 12.3 Å².